The van der Waals surface area contributed by atoms with E-state index in [9.17, 15) is 15.3 Å². The normalized spacial score (nSPS) is 11.1. The lowest BCUT2D eigenvalue weighted by atomic mass is 9.81. The molecule has 224 valence electrons. The quantitative estimate of drug-likeness (QED) is 0.193. The number of nitriles is 2. The summed E-state index contributed by atoms with van der Waals surface area (Å²) in [6.45, 7) is 7.85. The number of carbonyl (C=O) groups is 1. The number of para-hydroxylation sites is 1. The number of ether oxygens (including phenoxy) is 1. The van der Waals surface area contributed by atoms with Gasteiger partial charge in [0.25, 0.3) is 5.91 Å². The number of hydrogen-bond donors (Lipinski definition) is 1. The maximum absolute atomic E-state index is 16.0. The molecule has 5 aromatic rings. The van der Waals surface area contributed by atoms with Crippen LogP contribution in [0.3, 0.4) is 0 Å². The molecule has 0 aliphatic carbocycles. The second kappa shape index (κ2) is 13.0. The van der Waals surface area contributed by atoms with Gasteiger partial charge in [0.05, 0.1) is 11.1 Å². The molecule has 0 bridgehead atoms. The molecule has 0 heterocycles. The van der Waals surface area contributed by atoms with Gasteiger partial charge < -0.3 is 10.1 Å². The molecule has 0 radical (unpaired) electrons. The van der Waals surface area contributed by atoms with Crippen molar-refractivity contribution < 1.29 is 13.9 Å². The molecule has 0 aliphatic rings. The Morgan fingerprint density at radius 2 is 1.60 bits per heavy atom. The summed E-state index contributed by atoms with van der Waals surface area (Å²) in [4.78, 5) is 12.8. The monoisotopic (exact) mass is 595 g/mol. The second-order valence-electron chi connectivity index (χ2n) is 12.1. The van der Waals surface area contributed by atoms with E-state index in [2.05, 4.69) is 24.4 Å². The summed E-state index contributed by atoms with van der Waals surface area (Å²) >= 11 is 0. The van der Waals surface area contributed by atoms with E-state index in [1.54, 1.807) is 30.3 Å². The highest BCUT2D eigenvalue weighted by Crippen LogP contribution is 2.47. The average molecular weight is 596 g/mol. The Bertz CT molecular complexity index is 1940. The molecule has 5 aromatic carbocycles. The first kappa shape index (κ1) is 31.0. The molecule has 0 aliphatic heterocycles. The third kappa shape index (κ3) is 6.56. The molecule has 5 nitrogen and oxygen atoms in total. The summed E-state index contributed by atoms with van der Waals surface area (Å²) in [6.07, 6.45) is 3.08. The molecule has 0 saturated heterocycles. The minimum absolute atomic E-state index is 0.165. The minimum Gasteiger partial charge on any atom is -0.456 e. The van der Waals surface area contributed by atoms with Gasteiger partial charge in [-0.05, 0) is 83.3 Å². The number of unbranched alkanes of at least 4 members (excludes halogenated alkanes) is 1. The molecule has 0 aromatic heterocycles. The van der Waals surface area contributed by atoms with Gasteiger partial charge in [0.2, 0.25) is 0 Å². The van der Waals surface area contributed by atoms with Gasteiger partial charge in [0.15, 0.2) is 0 Å². The summed E-state index contributed by atoms with van der Waals surface area (Å²) < 4.78 is 22.5. The topological polar surface area (TPSA) is 85.9 Å². The van der Waals surface area contributed by atoms with E-state index < -0.39 is 11.2 Å². The summed E-state index contributed by atoms with van der Waals surface area (Å²) in [7, 11) is 0. The third-order valence-electron chi connectivity index (χ3n) is 7.74. The first-order valence-corrected chi connectivity index (χ1v) is 15.0. The molecule has 0 spiro atoms. The smallest absolute Gasteiger partial charge is 0.255 e. The first-order chi connectivity index (χ1) is 21.6. The number of rotatable bonds is 8. The van der Waals surface area contributed by atoms with Gasteiger partial charge in [-0.25, -0.2) is 4.39 Å². The van der Waals surface area contributed by atoms with Gasteiger partial charge in [-0.2, -0.15) is 10.5 Å². The molecule has 1 amide bonds. The van der Waals surface area contributed by atoms with Crippen molar-refractivity contribution in [1.82, 2.24) is 0 Å². The molecule has 0 atom stereocenters. The zero-order chi connectivity index (χ0) is 32.1. The largest absolute Gasteiger partial charge is 0.456 e. The highest BCUT2D eigenvalue weighted by molar-refractivity contribution is 6.06. The van der Waals surface area contributed by atoms with E-state index in [1.807, 2.05) is 75.4 Å². The Balaban J connectivity index is 1.68. The zero-order valence-electron chi connectivity index (χ0n) is 25.9. The number of hydrogen-bond acceptors (Lipinski definition) is 4. The third-order valence-corrected chi connectivity index (χ3v) is 7.74. The molecule has 45 heavy (non-hydrogen) atoms. The number of nitrogens with zero attached hydrogens (tertiary/aromatic N) is 2. The molecule has 0 unspecified atom stereocenters. The number of amides is 1. The number of carbonyl (C=O) groups excluding carboxylic acids is 1. The fourth-order valence-corrected chi connectivity index (χ4v) is 5.53. The van der Waals surface area contributed by atoms with Crippen molar-refractivity contribution in [2.24, 2.45) is 0 Å². The Kier molecular flexibility index (Phi) is 8.98. The number of benzene rings is 5. The van der Waals surface area contributed by atoms with Crippen LogP contribution in [-0.2, 0) is 11.8 Å². The maximum Gasteiger partial charge on any atom is 0.255 e. The van der Waals surface area contributed by atoms with Crippen LogP contribution in [0, 0.1) is 28.5 Å². The van der Waals surface area contributed by atoms with Crippen LogP contribution in [0.5, 0.6) is 11.5 Å². The van der Waals surface area contributed by atoms with Crippen LogP contribution in [0.1, 0.15) is 73.1 Å². The van der Waals surface area contributed by atoms with Gasteiger partial charge in [0.1, 0.15) is 29.5 Å². The van der Waals surface area contributed by atoms with Crippen molar-refractivity contribution in [3.8, 4) is 34.8 Å². The number of fused-ring (bicyclic) bond motifs is 1. The Hall–Kier alpha value is -5.46. The number of halogens is 1. The molecule has 1 N–H and O–H groups in total. The fourth-order valence-electron chi connectivity index (χ4n) is 5.53. The Labute approximate surface area is 263 Å². The molecule has 5 rings (SSSR count). The van der Waals surface area contributed by atoms with Crippen LogP contribution in [0.2, 0.25) is 0 Å². The van der Waals surface area contributed by atoms with Crippen molar-refractivity contribution in [2.45, 2.75) is 52.4 Å². The zero-order valence-corrected chi connectivity index (χ0v) is 25.9. The second-order valence-corrected chi connectivity index (χ2v) is 12.1. The van der Waals surface area contributed by atoms with E-state index in [1.165, 1.54) is 11.6 Å². The highest BCUT2D eigenvalue weighted by atomic mass is 19.1. The van der Waals surface area contributed by atoms with Crippen molar-refractivity contribution in [3.05, 3.63) is 125 Å². The van der Waals surface area contributed by atoms with Crippen LogP contribution in [0.25, 0.3) is 21.9 Å². The lowest BCUT2D eigenvalue weighted by Crippen LogP contribution is -2.16. The minimum atomic E-state index is -0.675. The van der Waals surface area contributed by atoms with E-state index in [0.29, 0.717) is 38.9 Å². The van der Waals surface area contributed by atoms with Gasteiger partial charge in [-0.1, -0.05) is 76.6 Å². The summed E-state index contributed by atoms with van der Waals surface area (Å²) in [5.41, 5.74) is 3.58. The van der Waals surface area contributed by atoms with Crippen molar-refractivity contribution in [3.63, 3.8) is 0 Å². The lowest BCUT2D eigenvalue weighted by Gasteiger charge is -2.26. The number of aryl methyl sites for hydroxylation is 1. The summed E-state index contributed by atoms with van der Waals surface area (Å²) in [6, 6.07) is 31.1. The van der Waals surface area contributed by atoms with Crippen LogP contribution >= 0.6 is 0 Å². The van der Waals surface area contributed by atoms with E-state index in [0.717, 1.165) is 24.8 Å². The maximum atomic E-state index is 16.0. The van der Waals surface area contributed by atoms with Crippen LogP contribution in [0.15, 0.2) is 91.0 Å². The van der Waals surface area contributed by atoms with E-state index in [4.69, 9.17) is 4.74 Å². The van der Waals surface area contributed by atoms with Crippen LogP contribution < -0.4 is 10.1 Å². The highest BCUT2D eigenvalue weighted by Gasteiger charge is 2.29. The summed E-state index contributed by atoms with van der Waals surface area (Å²) in [5, 5.41) is 24.2. The van der Waals surface area contributed by atoms with Gasteiger partial charge in [-0.3, -0.25) is 4.79 Å². The summed E-state index contributed by atoms with van der Waals surface area (Å²) in [5.74, 6) is -0.0811. The number of anilines is 1. The number of nitrogens with one attached hydrogen (secondary N) is 1. The van der Waals surface area contributed by atoms with Crippen molar-refractivity contribution in [1.29, 1.82) is 10.5 Å². The predicted molar refractivity (Wildman–Crippen MR) is 177 cm³/mol. The van der Waals surface area contributed by atoms with Crippen LogP contribution in [0.4, 0.5) is 10.1 Å². The first-order valence-electron chi connectivity index (χ1n) is 15.0. The van der Waals surface area contributed by atoms with Crippen molar-refractivity contribution in [2.75, 3.05) is 5.32 Å². The van der Waals surface area contributed by atoms with Gasteiger partial charge in [-0.15, -0.1) is 0 Å². The van der Waals surface area contributed by atoms with Gasteiger partial charge >= 0.3 is 0 Å². The molecule has 0 fully saturated rings. The molecular weight excluding hydrogens is 561 g/mol. The average Bonchev–Trinajstić information content (AvgIpc) is 3.03. The lowest BCUT2D eigenvalue weighted by molar-refractivity contribution is 0.102. The fraction of sp³-hybridized carbons (Fsp3) is 0.205. The van der Waals surface area contributed by atoms with Crippen LogP contribution in [-0.4, -0.2) is 5.91 Å². The van der Waals surface area contributed by atoms with Gasteiger partial charge in [0, 0.05) is 27.8 Å². The van der Waals surface area contributed by atoms with E-state index >= 15 is 4.39 Å². The molecular formula is C39H34FN3O2. The standard InChI is InChI=1S/C39H34FN3O2/c1-5-6-10-25-13-15-26(16-14-25)34-32(24-42)29(23-41)21-28-22-33(40)36(39(2,3)4)37(35(28)34)45-31-19-17-27(18-20-31)38(44)43-30-11-8-7-9-12-30/h7-9,11-22H,5-6,10H2,1-4H3,(H,43,44). The molecule has 6 heteroatoms. The Morgan fingerprint density at radius 3 is 2.20 bits per heavy atom. The predicted octanol–water partition coefficient (Wildman–Crippen LogP) is 10.1. The van der Waals surface area contributed by atoms with Crippen molar-refractivity contribution >= 4 is 22.4 Å². The van der Waals surface area contributed by atoms with E-state index in [-0.39, 0.29) is 22.8 Å². The molecule has 0 saturated carbocycles. The SMILES string of the molecule is CCCCc1ccc(-c2c(C#N)c(C#N)cc3cc(F)c(C(C)(C)C)c(Oc4ccc(C(=O)Nc5ccccc5)cc4)c23)cc1. The Morgan fingerprint density at radius 1 is 0.911 bits per heavy atom.